The molecule has 0 radical (unpaired) electrons. The summed E-state index contributed by atoms with van der Waals surface area (Å²) in [7, 11) is 1.97. The van der Waals surface area contributed by atoms with Gasteiger partial charge in [0.15, 0.2) is 0 Å². The molecule has 2 rings (SSSR count). The molecule has 0 aliphatic rings. The van der Waals surface area contributed by atoms with Crippen molar-refractivity contribution in [3.05, 3.63) is 58.3 Å². The maximum Gasteiger partial charge on any atom is 0.124 e. The summed E-state index contributed by atoms with van der Waals surface area (Å²) in [6.07, 6.45) is 3.59. The third-order valence-electron chi connectivity index (χ3n) is 2.79. The van der Waals surface area contributed by atoms with Gasteiger partial charge in [-0.3, -0.25) is 10.4 Å². The summed E-state index contributed by atoms with van der Waals surface area (Å²) in [6, 6.07) is 9.67. The Hall–Kier alpha value is -1.88. The van der Waals surface area contributed by atoms with E-state index in [0.717, 1.165) is 21.3 Å². The molecule has 0 atom stereocenters. The van der Waals surface area contributed by atoms with Gasteiger partial charge in [-0.05, 0) is 39.7 Å². The smallest absolute Gasteiger partial charge is 0.124 e. The normalized spacial score (nSPS) is 10.2. The van der Waals surface area contributed by atoms with Crippen LogP contribution in [0, 0.1) is 5.41 Å². The van der Waals surface area contributed by atoms with Crippen LogP contribution in [0.25, 0.3) is 0 Å². The zero-order valence-electron chi connectivity index (χ0n) is 10.6. The molecule has 1 aromatic heterocycles. The maximum absolute atomic E-state index is 7.61. The third-order valence-corrected chi connectivity index (χ3v) is 3.22. The molecule has 2 aromatic rings. The molecule has 1 heterocycles. The lowest BCUT2D eigenvalue weighted by Gasteiger charge is -2.22. The molecule has 0 aliphatic heterocycles. The minimum Gasteiger partial charge on any atom is -0.384 e. The number of amidine groups is 1. The second-order valence-electron chi connectivity index (χ2n) is 4.30. The molecular weight excluding hydrogens is 304 g/mol. The molecule has 0 aliphatic carbocycles. The van der Waals surface area contributed by atoms with Crippen molar-refractivity contribution >= 4 is 27.5 Å². The molecule has 5 heteroatoms. The van der Waals surface area contributed by atoms with E-state index in [9.17, 15) is 0 Å². The number of rotatable bonds is 4. The Bertz CT molecular complexity index is 598. The number of hydrogen-bond donors (Lipinski definition) is 2. The first-order valence-electron chi connectivity index (χ1n) is 5.82. The monoisotopic (exact) mass is 318 g/mol. The van der Waals surface area contributed by atoms with Crippen molar-refractivity contribution in [2.75, 3.05) is 11.9 Å². The van der Waals surface area contributed by atoms with Gasteiger partial charge in [-0.2, -0.15) is 0 Å². The van der Waals surface area contributed by atoms with E-state index < -0.39 is 0 Å². The van der Waals surface area contributed by atoms with Crippen LogP contribution < -0.4 is 10.6 Å². The number of anilines is 1. The van der Waals surface area contributed by atoms with Crippen molar-refractivity contribution in [2.45, 2.75) is 6.54 Å². The van der Waals surface area contributed by atoms with E-state index in [1.807, 2.05) is 43.6 Å². The summed E-state index contributed by atoms with van der Waals surface area (Å²) in [6.45, 7) is 0.705. The fourth-order valence-corrected chi connectivity index (χ4v) is 2.35. The molecule has 0 amide bonds. The molecular formula is C14H15BrN4. The first kappa shape index (κ1) is 13.5. The average Bonchev–Trinajstić information content (AvgIpc) is 2.38. The molecule has 0 unspecified atom stereocenters. The number of pyridine rings is 1. The highest BCUT2D eigenvalue weighted by Gasteiger charge is 2.09. The van der Waals surface area contributed by atoms with Gasteiger partial charge < -0.3 is 10.6 Å². The number of nitrogen functional groups attached to an aromatic ring is 1. The van der Waals surface area contributed by atoms with Gasteiger partial charge in [-0.1, -0.05) is 12.1 Å². The van der Waals surface area contributed by atoms with Gasteiger partial charge >= 0.3 is 0 Å². The van der Waals surface area contributed by atoms with Crippen LogP contribution in [0.5, 0.6) is 0 Å². The lowest BCUT2D eigenvalue weighted by atomic mass is 10.1. The number of nitrogens with two attached hydrogens (primary N) is 1. The molecule has 19 heavy (non-hydrogen) atoms. The van der Waals surface area contributed by atoms with E-state index in [4.69, 9.17) is 11.1 Å². The SMILES string of the molecule is CN(Cc1cncc(Br)c1)c1ccccc1C(=N)N. The van der Waals surface area contributed by atoms with Crippen LogP contribution in [-0.2, 0) is 6.54 Å². The largest absolute Gasteiger partial charge is 0.384 e. The van der Waals surface area contributed by atoms with Gasteiger partial charge in [0.25, 0.3) is 0 Å². The Labute approximate surface area is 120 Å². The van der Waals surface area contributed by atoms with Crippen molar-refractivity contribution < 1.29 is 0 Å². The Morgan fingerprint density at radius 3 is 2.79 bits per heavy atom. The molecule has 0 saturated carbocycles. The molecule has 98 valence electrons. The molecule has 0 fully saturated rings. The van der Waals surface area contributed by atoms with E-state index in [1.165, 1.54) is 0 Å². The van der Waals surface area contributed by atoms with Crippen LogP contribution in [-0.4, -0.2) is 17.9 Å². The molecule has 1 aromatic carbocycles. The third kappa shape index (κ3) is 3.32. The second kappa shape index (κ2) is 5.84. The van der Waals surface area contributed by atoms with E-state index in [1.54, 1.807) is 6.20 Å². The van der Waals surface area contributed by atoms with Crippen LogP contribution in [0.15, 0.2) is 47.2 Å². The standard InChI is InChI=1S/C14H15BrN4/c1-19(9-10-6-11(15)8-18-7-10)13-5-3-2-4-12(13)14(16)17/h2-8H,9H2,1H3,(H3,16,17). The number of halogens is 1. The number of para-hydroxylation sites is 1. The topological polar surface area (TPSA) is 66.0 Å². The second-order valence-corrected chi connectivity index (χ2v) is 5.21. The summed E-state index contributed by atoms with van der Waals surface area (Å²) < 4.78 is 0.957. The molecule has 0 bridgehead atoms. The van der Waals surface area contributed by atoms with Gasteiger partial charge in [0.2, 0.25) is 0 Å². The zero-order chi connectivity index (χ0) is 13.8. The van der Waals surface area contributed by atoms with E-state index in [-0.39, 0.29) is 5.84 Å². The Balaban J connectivity index is 2.25. The number of benzene rings is 1. The summed E-state index contributed by atoms with van der Waals surface area (Å²) in [5.41, 5.74) is 8.38. The van der Waals surface area contributed by atoms with Gasteiger partial charge in [0, 0.05) is 41.7 Å². The zero-order valence-corrected chi connectivity index (χ0v) is 12.2. The number of nitrogens with zero attached hydrogens (tertiary/aromatic N) is 2. The highest BCUT2D eigenvalue weighted by molar-refractivity contribution is 9.10. The summed E-state index contributed by atoms with van der Waals surface area (Å²) >= 11 is 3.41. The molecule has 0 spiro atoms. The Morgan fingerprint density at radius 2 is 2.11 bits per heavy atom. The van der Waals surface area contributed by atoms with Gasteiger partial charge in [-0.15, -0.1) is 0 Å². The van der Waals surface area contributed by atoms with Gasteiger partial charge in [0.1, 0.15) is 5.84 Å². The van der Waals surface area contributed by atoms with Crippen LogP contribution in [0.2, 0.25) is 0 Å². The van der Waals surface area contributed by atoms with Crippen molar-refractivity contribution in [1.82, 2.24) is 4.98 Å². The van der Waals surface area contributed by atoms with Crippen LogP contribution in [0.3, 0.4) is 0 Å². The lowest BCUT2D eigenvalue weighted by Crippen LogP contribution is -2.22. The minimum absolute atomic E-state index is 0.0785. The van der Waals surface area contributed by atoms with Gasteiger partial charge in [0.05, 0.1) is 0 Å². The van der Waals surface area contributed by atoms with E-state index >= 15 is 0 Å². The van der Waals surface area contributed by atoms with Crippen molar-refractivity contribution in [3.8, 4) is 0 Å². The highest BCUT2D eigenvalue weighted by Crippen LogP contribution is 2.21. The van der Waals surface area contributed by atoms with E-state index in [0.29, 0.717) is 6.54 Å². The van der Waals surface area contributed by atoms with Crippen LogP contribution in [0.4, 0.5) is 5.69 Å². The predicted octanol–water partition coefficient (Wildman–Crippen LogP) is 2.76. The lowest BCUT2D eigenvalue weighted by molar-refractivity contribution is 0.912. The van der Waals surface area contributed by atoms with Crippen molar-refractivity contribution in [3.63, 3.8) is 0 Å². The highest BCUT2D eigenvalue weighted by atomic mass is 79.9. The fourth-order valence-electron chi connectivity index (χ4n) is 1.94. The summed E-state index contributed by atoms with van der Waals surface area (Å²) in [5, 5.41) is 7.61. The van der Waals surface area contributed by atoms with Crippen LogP contribution >= 0.6 is 15.9 Å². The quantitative estimate of drug-likeness (QED) is 0.673. The molecule has 0 saturated heterocycles. The fraction of sp³-hybridized carbons (Fsp3) is 0.143. The summed E-state index contributed by atoms with van der Waals surface area (Å²) in [4.78, 5) is 6.20. The summed E-state index contributed by atoms with van der Waals surface area (Å²) in [5.74, 6) is 0.0785. The number of nitrogens with one attached hydrogen (secondary N) is 1. The number of aromatic nitrogens is 1. The van der Waals surface area contributed by atoms with Crippen LogP contribution in [0.1, 0.15) is 11.1 Å². The number of hydrogen-bond acceptors (Lipinski definition) is 3. The Morgan fingerprint density at radius 1 is 1.37 bits per heavy atom. The molecule has 4 nitrogen and oxygen atoms in total. The average molecular weight is 319 g/mol. The van der Waals surface area contributed by atoms with Gasteiger partial charge in [-0.25, -0.2) is 0 Å². The van der Waals surface area contributed by atoms with E-state index in [2.05, 4.69) is 25.8 Å². The molecule has 3 N–H and O–H groups in total. The van der Waals surface area contributed by atoms with Crippen molar-refractivity contribution in [2.24, 2.45) is 5.73 Å². The first-order chi connectivity index (χ1) is 9.08. The maximum atomic E-state index is 7.61. The minimum atomic E-state index is 0.0785. The first-order valence-corrected chi connectivity index (χ1v) is 6.61. The van der Waals surface area contributed by atoms with Crippen molar-refractivity contribution in [1.29, 1.82) is 5.41 Å². The Kier molecular flexibility index (Phi) is 4.16. The predicted molar refractivity (Wildman–Crippen MR) is 81.5 cm³/mol.